The Labute approximate surface area is 200 Å². The predicted molar refractivity (Wildman–Crippen MR) is 139 cm³/mol. The van der Waals surface area contributed by atoms with Crippen LogP contribution in [-0.2, 0) is 9.59 Å². The minimum absolute atomic E-state index is 0.0499. The normalized spacial score (nSPS) is 16.6. The lowest BCUT2D eigenvalue weighted by atomic mass is 10.0. The molecule has 5 heteroatoms. The van der Waals surface area contributed by atoms with Crippen molar-refractivity contribution in [2.24, 2.45) is 11.7 Å². The quantitative estimate of drug-likeness (QED) is 0.601. The number of benzene rings is 2. The molecule has 3 N–H and O–H groups in total. The van der Waals surface area contributed by atoms with Crippen LogP contribution in [0.3, 0.4) is 0 Å². The van der Waals surface area contributed by atoms with Gasteiger partial charge in [-0.1, -0.05) is 96.1 Å². The van der Waals surface area contributed by atoms with Crippen LogP contribution in [0.25, 0.3) is 11.1 Å². The van der Waals surface area contributed by atoms with Crippen LogP contribution in [0.15, 0.2) is 54.6 Å². The van der Waals surface area contributed by atoms with Gasteiger partial charge in [0.25, 0.3) is 0 Å². The maximum absolute atomic E-state index is 12.9. The van der Waals surface area contributed by atoms with Crippen molar-refractivity contribution < 1.29 is 9.59 Å². The predicted octanol–water partition coefficient (Wildman–Crippen LogP) is 5.56. The van der Waals surface area contributed by atoms with Crippen molar-refractivity contribution in [3.05, 3.63) is 60.2 Å². The smallest absolute Gasteiger partial charge is 0.243 e. The van der Waals surface area contributed by atoms with Crippen molar-refractivity contribution >= 4 is 11.8 Å². The van der Waals surface area contributed by atoms with Crippen LogP contribution in [0.4, 0.5) is 0 Å². The van der Waals surface area contributed by atoms with Gasteiger partial charge in [0.05, 0.1) is 12.1 Å². The zero-order chi connectivity index (χ0) is 25.0. The van der Waals surface area contributed by atoms with Gasteiger partial charge in [0.15, 0.2) is 0 Å². The van der Waals surface area contributed by atoms with E-state index in [1.54, 1.807) is 4.90 Å². The van der Waals surface area contributed by atoms with E-state index in [0.717, 1.165) is 23.1 Å². The van der Waals surface area contributed by atoms with E-state index >= 15 is 0 Å². The maximum Gasteiger partial charge on any atom is 0.243 e. The molecule has 1 aliphatic heterocycles. The Hall–Kier alpha value is -2.66. The van der Waals surface area contributed by atoms with Crippen LogP contribution in [0.1, 0.15) is 72.9 Å². The lowest BCUT2D eigenvalue weighted by molar-refractivity contribution is -0.140. The third-order valence-electron chi connectivity index (χ3n) is 5.72. The molecule has 2 amide bonds. The Morgan fingerprint density at radius 3 is 2.00 bits per heavy atom. The molecule has 2 aromatic carbocycles. The van der Waals surface area contributed by atoms with Crippen molar-refractivity contribution in [3.63, 3.8) is 0 Å². The first-order chi connectivity index (χ1) is 15.9. The molecule has 33 heavy (non-hydrogen) atoms. The standard InChI is InChI=1S/C24H31N3O2.2C2H6/c1-16(2)22(25)24(29)27-15-7-10-21(27)23(28)26-17(3)18-11-13-20(14-12-18)19-8-5-4-6-9-19;2*1-2/h4-6,8-9,11-14,16-17,21-22H,7,10,15,25H2,1-3H3,(H,26,28);2*1-2H3. The van der Waals surface area contributed by atoms with E-state index < -0.39 is 12.1 Å². The summed E-state index contributed by atoms with van der Waals surface area (Å²) < 4.78 is 0. The second kappa shape index (κ2) is 14.5. The monoisotopic (exact) mass is 453 g/mol. The number of nitrogens with zero attached hydrogens (tertiary/aromatic N) is 1. The average Bonchev–Trinajstić information content (AvgIpc) is 3.36. The molecule has 1 heterocycles. The maximum atomic E-state index is 12.9. The summed E-state index contributed by atoms with van der Waals surface area (Å²) in [5.41, 5.74) is 9.37. The summed E-state index contributed by atoms with van der Waals surface area (Å²) in [5.74, 6) is -0.183. The fraction of sp³-hybridized carbons (Fsp3) is 0.500. The highest BCUT2D eigenvalue weighted by atomic mass is 16.2. The fourth-order valence-electron chi connectivity index (χ4n) is 3.77. The lowest BCUT2D eigenvalue weighted by Crippen LogP contribution is -2.52. The first kappa shape index (κ1) is 28.4. The third-order valence-corrected chi connectivity index (χ3v) is 5.72. The molecule has 0 aromatic heterocycles. The third kappa shape index (κ3) is 7.71. The molecule has 3 unspecified atom stereocenters. The number of carbonyl (C=O) groups excluding carboxylic acids is 2. The van der Waals surface area contributed by atoms with E-state index in [1.807, 2.05) is 78.8 Å². The van der Waals surface area contributed by atoms with E-state index in [0.29, 0.717) is 13.0 Å². The van der Waals surface area contributed by atoms with Gasteiger partial charge in [0.1, 0.15) is 6.04 Å². The highest BCUT2D eigenvalue weighted by Gasteiger charge is 2.37. The minimum atomic E-state index is -0.564. The molecule has 3 atom stereocenters. The molecule has 1 saturated heterocycles. The van der Waals surface area contributed by atoms with E-state index in [2.05, 4.69) is 29.6 Å². The molecular formula is C28H43N3O2. The van der Waals surface area contributed by atoms with E-state index in [1.165, 1.54) is 0 Å². The summed E-state index contributed by atoms with van der Waals surface area (Å²) in [4.78, 5) is 27.2. The summed E-state index contributed by atoms with van der Waals surface area (Å²) in [5, 5.41) is 3.08. The number of nitrogens with two attached hydrogens (primary N) is 1. The van der Waals surface area contributed by atoms with Crippen molar-refractivity contribution in [3.8, 4) is 11.1 Å². The molecule has 0 aliphatic carbocycles. The van der Waals surface area contributed by atoms with Crippen molar-refractivity contribution in [2.45, 2.75) is 79.4 Å². The van der Waals surface area contributed by atoms with Crippen LogP contribution in [0, 0.1) is 5.92 Å². The van der Waals surface area contributed by atoms with Crippen LogP contribution < -0.4 is 11.1 Å². The number of rotatable bonds is 6. The summed E-state index contributed by atoms with van der Waals surface area (Å²) in [6.07, 6.45) is 1.51. The minimum Gasteiger partial charge on any atom is -0.348 e. The zero-order valence-corrected chi connectivity index (χ0v) is 21.5. The SMILES string of the molecule is CC.CC.CC(NC(=O)C1CCCN1C(=O)C(N)C(C)C)c1ccc(-c2ccccc2)cc1. The summed E-state index contributed by atoms with van der Waals surface area (Å²) in [6.45, 7) is 14.4. The number of hydrogen-bond donors (Lipinski definition) is 2. The lowest BCUT2D eigenvalue weighted by Gasteiger charge is -2.29. The molecule has 2 aromatic rings. The zero-order valence-electron chi connectivity index (χ0n) is 21.5. The molecule has 0 radical (unpaired) electrons. The highest BCUT2D eigenvalue weighted by Crippen LogP contribution is 2.24. The molecule has 0 saturated carbocycles. The summed E-state index contributed by atoms with van der Waals surface area (Å²) in [6, 6.07) is 17.3. The van der Waals surface area contributed by atoms with Gasteiger partial charge in [-0.2, -0.15) is 0 Å². The number of hydrogen-bond acceptors (Lipinski definition) is 3. The van der Waals surface area contributed by atoms with Gasteiger partial charge >= 0.3 is 0 Å². The molecule has 5 nitrogen and oxygen atoms in total. The summed E-state index contributed by atoms with van der Waals surface area (Å²) in [7, 11) is 0. The largest absolute Gasteiger partial charge is 0.348 e. The van der Waals surface area contributed by atoms with E-state index in [-0.39, 0.29) is 23.8 Å². The average molecular weight is 454 g/mol. The van der Waals surface area contributed by atoms with Crippen LogP contribution in [0.5, 0.6) is 0 Å². The van der Waals surface area contributed by atoms with Crippen molar-refractivity contribution in [1.29, 1.82) is 0 Å². The fourth-order valence-corrected chi connectivity index (χ4v) is 3.77. The topological polar surface area (TPSA) is 75.4 Å². The molecule has 0 spiro atoms. The molecule has 182 valence electrons. The van der Waals surface area contributed by atoms with Gasteiger partial charge in [-0.25, -0.2) is 0 Å². The summed E-state index contributed by atoms with van der Waals surface area (Å²) >= 11 is 0. The molecule has 3 rings (SSSR count). The molecule has 1 aliphatic rings. The molecule has 1 fully saturated rings. The number of amides is 2. The Morgan fingerprint density at radius 1 is 0.909 bits per heavy atom. The van der Waals surface area contributed by atoms with Crippen molar-refractivity contribution in [1.82, 2.24) is 10.2 Å². The van der Waals surface area contributed by atoms with Gasteiger partial charge in [-0.15, -0.1) is 0 Å². The van der Waals surface area contributed by atoms with E-state index in [9.17, 15) is 9.59 Å². The van der Waals surface area contributed by atoms with Gasteiger partial charge in [0.2, 0.25) is 11.8 Å². The van der Waals surface area contributed by atoms with Gasteiger partial charge in [-0.3, -0.25) is 9.59 Å². The Morgan fingerprint density at radius 2 is 1.45 bits per heavy atom. The molecule has 0 bridgehead atoms. The van der Waals surface area contributed by atoms with Crippen molar-refractivity contribution in [2.75, 3.05) is 6.54 Å². The Balaban J connectivity index is 0.00000129. The highest BCUT2D eigenvalue weighted by molar-refractivity contribution is 5.90. The first-order valence-electron chi connectivity index (χ1n) is 12.4. The van der Waals surface area contributed by atoms with Crippen LogP contribution in [-0.4, -0.2) is 35.3 Å². The van der Waals surface area contributed by atoms with E-state index in [4.69, 9.17) is 5.73 Å². The second-order valence-electron chi connectivity index (χ2n) is 8.18. The van der Waals surface area contributed by atoms with Crippen LogP contribution >= 0.6 is 0 Å². The Kier molecular flexibility index (Phi) is 12.5. The van der Waals surface area contributed by atoms with Gasteiger partial charge in [-0.05, 0) is 42.4 Å². The Bertz CT molecular complexity index is 834. The van der Waals surface area contributed by atoms with Gasteiger partial charge < -0.3 is 16.0 Å². The second-order valence-corrected chi connectivity index (χ2v) is 8.18. The number of likely N-dealkylation sites (tertiary alicyclic amines) is 1. The first-order valence-corrected chi connectivity index (χ1v) is 12.4. The van der Waals surface area contributed by atoms with Crippen LogP contribution in [0.2, 0.25) is 0 Å². The number of carbonyl (C=O) groups is 2. The molecular weight excluding hydrogens is 410 g/mol. The van der Waals surface area contributed by atoms with Gasteiger partial charge in [0, 0.05) is 6.54 Å². The number of nitrogens with one attached hydrogen (secondary N) is 1.